The van der Waals surface area contributed by atoms with E-state index in [2.05, 4.69) is 22.0 Å². The number of allylic oxidation sites excluding steroid dienone is 4. The lowest BCUT2D eigenvalue weighted by molar-refractivity contribution is -0.0874. The van der Waals surface area contributed by atoms with Gasteiger partial charge in [0.25, 0.3) is 0 Å². The molecule has 0 radical (unpaired) electrons. The number of nitrogens with one attached hydrogen (secondary N) is 1. The Balaban J connectivity index is 1.37. The minimum atomic E-state index is -4.59. The number of hydrogen-bond donors (Lipinski definition) is 1. The summed E-state index contributed by atoms with van der Waals surface area (Å²) in [6.07, 6.45) is -0.221. The highest BCUT2D eigenvalue weighted by Gasteiger charge is 2.36. The van der Waals surface area contributed by atoms with Gasteiger partial charge in [-0.2, -0.15) is 23.7 Å². The standard InChI is InChI=1S/C48H29F3N6/c49-48(50,51)42-17-9-7-15-38(42)37-22-20-36(27-41(37)47-55-45(32-11-3-1-4-12-32)54-46(56-47)33-13-5-2-6-14-33)57-43-18-10-8-16-39(43)40-21-19-34(26-44(40)57)35-24-30(28-52)23-31(25-35)29-53/h1-14,16-27H,15H2,(H,54,55,56). The number of aromatic nitrogens is 1. The number of nitrogens with zero attached hydrogens (tertiary/aromatic N) is 5. The van der Waals surface area contributed by atoms with Crippen molar-refractivity contribution in [3.8, 4) is 29.0 Å². The van der Waals surface area contributed by atoms with Crippen LogP contribution in [0.2, 0.25) is 0 Å². The zero-order chi connectivity index (χ0) is 39.1. The Morgan fingerprint density at radius 3 is 2.02 bits per heavy atom. The molecule has 0 bridgehead atoms. The molecule has 272 valence electrons. The van der Waals surface area contributed by atoms with E-state index in [-0.39, 0.29) is 12.0 Å². The fourth-order valence-corrected chi connectivity index (χ4v) is 7.54. The number of fused-ring (bicyclic) bond motifs is 3. The number of alkyl halides is 3. The topological polar surface area (TPSA) is 89.3 Å². The Kier molecular flexibility index (Phi) is 8.68. The first-order chi connectivity index (χ1) is 27.8. The van der Waals surface area contributed by atoms with Gasteiger partial charge in [0.1, 0.15) is 11.7 Å². The molecule has 1 N–H and O–H groups in total. The average molecular weight is 747 g/mol. The number of halogens is 3. The van der Waals surface area contributed by atoms with Gasteiger partial charge in [0.15, 0.2) is 5.84 Å². The number of aliphatic imine (C=N–C) groups is 2. The summed E-state index contributed by atoms with van der Waals surface area (Å²) < 4.78 is 46.2. The first-order valence-electron chi connectivity index (χ1n) is 18.2. The largest absolute Gasteiger partial charge is 0.416 e. The van der Waals surface area contributed by atoms with Gasteiger partial charge in [-0.3, -0.25) is 0 Å². The molecule has 0 fully saturated rings. The van der Waals surface area contributed by atoms with Gasteiger partial charge in [-0.15, -0.1) is 0 Å². The van der Waals surface area contributed by atoms with Crippen LogP contribution in [0.4, 0.5) is 13.2 Å². The molecule has 1 aromatic heterocycles. The second-order valence-electron chi connectivity index (χ2n) is 13.6. The summed E-state index contributed by atoms with van der Waals surface area (Å²) in [5.41, 5.74) is 5.63. The van der Waals surface area contributed by atoms with Crippen molar-refractivity contribution in [3.05, 3.63) is 196 Å². The number of nitriles is 2. The minimum absolute atomic E-state index is 0.0745. The van der Waals surface area contributed by atoms with Gasteiger partial charge in [0.05, 0.1) is 39.9 Å². The summed E-state index contributed by atoms with van der Waals surface area (Å²) >= 11 is 0. The zero-order valence-electron chi connectivity index (χ0n) is 30.1. The van der Waals surface area contributed by atoms with E-state index in [1.54, 1.807) is 30.3 Å². The van der Waals surface area contributed by atoms with E-state index in [1.807, 2.05) is 115 Å². The molecule has 1 aliphatic heterocycles. The van der Waals surface area contributed by atoms with Gasteiger partial charge in [-0.25, -0.2) is 9.98 Å². The van der Waals surface area contributed by atoms with Crippen molar-refractivity contribution in [3.63, 3.8) is 0 Å². The number of hydrogen-bond acceptors (Lipinski definition) is 5. The fourth-order valence-electron chi connectivity index (χ4n) is 7.54. The fraction of sp³-hybridized carbons (Fsp3) is 0.0417. The molecule has 6 nitrogen and oxygen atoms in total. The number of rotatable bonds is 4. The van der Waals surface area contributed by atoms with E-state index < -0.39 is 11.7 Å². The number of benzene rings is 6. The lowest BCUT2D eigenvalue weighted by Gasteiger charge is -2.20. The predicted molar refractivity (Wildman–Crippen MR) is 219 cm³/mol. The quantitative estimate of drug-likeness (QED) is 0.195. The Morgan fingerprint density at radius 1 is 0.614 bits per heavy atom. The zero-order valence-corrected chi connectivity index (χ0v) is 30.1. The summed E-state index contributed by atoms with van der Waals surface area (Å²) in [5.74, 6) is 1.27. The second kappa shape index (κ2) is 14.2. The van der Waals surface area contributed by atoms with E-state index in [1.165, 1.54) is 6.08 Å². The van der Waals surface area contributed by atoms with Crippen LogP contribution < -0.4 is 15.8 Å². The maximum atomic E-state index is 14.7. The van der Waals surface area contributed by atoms with Gasteiger partial charge in [-0.1, -0.05) is 115 Å². The van der Waals surface area contributed by atoms with Crippen molar-refractivity contribution in [1.29, 1.82) is 10.5 Å². The van der Waals surface area contributed by atoms with E-state index in [0.29, 0.717) is 50.3 Å². The molecular weight excluding hydrogens is 718 g/mol. The monoisotopic (exact) mass is 746 g/mol. The molecule has 0 spiro atoms. The second-order valence-corrected chi connectivity index (χ2v) is 13.6. The molecule has 2 heterocycles. The van der Waals surface area contributed by atoms with E-state index >= 15 is 0 Å². The highest BCUT2D eigenvalue weighted by Crippen LogP contribution is 2.37. The molecule has 57 heavy (non-hydrogen) atoms. The summed E-state index contributed by atoms with van der Waals surface area (Å²) in [5, 5.41) is 25.6. The molecule has 0 amide bonds. The van der Waals surface area contributed by atoms with Crippen LogP contribution in [0, 0.1) is 22.7 Å². The first kappa shape index (κ1) is 35.0. The highest BCUT2D eigenvalue weighted by molar-refractivity contribution is 6.16. The molecule has 7 aromatic rings. The maximum Gasteiger partial charge on any atom is 0.416 e. The number of para-hydroxylation sites is 1. The van der Waals surface area contributed by atoms with Gasteiger partial charge in [-0.05, 0) is 70.8 Å². The molecule has 6 aromatic carbocycles. The normalized spacial score (nSPS) is 16.0. The Hall–Kier alpha value is -7.75. The van der Waals surface area contributed by atoms with Crippen molar-refractivity contribution in [2.24, 2.45) is 9.98 Å². The molecule has 0 atom stereocenters. The average Bonchev–Trinajstić information content (AvgIpc) is 3.59. The van der Waals surface area contributed by atoms with Gasteiger partial charge in [0.2, 0.25) is 0 Å². The number of amidine groups is 2. The summed E-state index contributed by atoms with van der Waals surface area (Å²) in [6, 6.07) is 47.8. The van der Waals surface area contributed by atoms with Crippen molar-refractivity contribution in [2.75, 3.05) is 0 Å². The summed E-state index contributed by atoms with van der Waals surface area (Å²) in [4.78, 5) is 9.91. The Morgan fingerprint density at radius 2 is 1.30 bits per heavy atom. The lowest BCUT2D eigenvalue weighted by atomic mass is 9.94. The lowest BCUT2D eigenvalue weighted by Crippen LogP contribution is -2.39. The molecule has 0 unspecified atom stereocenters. The minimum Gasteiger partial charge on any atom is -0.324 e. The predicted octanol–water partition coefficient (Wildman–Crippen LogP) is 9.36. The van der Waals surface area contributed by atoms with E-state index in [0.717, 1.165) is 44.6 Å². The van der Waals surface area contributed by atoms with Crippen molar-refractivity contribution >= 4 is 44.9 Å². The van der Waals surface area contributed by atoms with Gasteiger partial charge >= 0.3 is 6.18 Å². The molecule has 9 heteroatoms. The van der Waals surface area contributed by atoms with Crippen LogP contribution >= 0.6 is 0 Å². The molecule has 0 saturated heterocycles. The molecule has 9 rings (SSSR count). The smallest absolute Gasteiger partial charge is 0.324 e. The van der Waals surface area contributed by atoms with Gasteiger partial charge < -0.3 is 9.88 Å². The molecular formula is C48H29F3N6. The van der Waals surface area contributed by atoms with E-state index in [9.17, 15) is 23.7 Å². The van der Waals surface area contributed by atoms with Crippen LogP contribution in [0.3, 0.4) is 0 Å². The van der Waals surface area contributed by atoms with E-state index in [4.69, 9.17) is 9.98 Å². The van der Waals surface area contributed by atoms with Crippen LogP contribution in [0.15, 0.2) is 173 Å². The Bertz CT molecular complexity index is 3090. The first-order valence-corrected chi connectivity index (χ1v) is 18.2. The molecule has 1 aliphatic carbocycles. The van der Waals surface area contributed by atoms with Crippen molar-refractivity contribution < 1.29 is 13.2 Å². The van der Waals surface area contributed by atoms with Crippen LogP contribution in [0.25, 0.3) is 50.0 Å². The van der Waals surface area contributed by atoms with Crippen LogP contribution in [0.5, 0.6) is 0 Å². The van der Waals surface area contributed by atoms with Crippen LogP contribution in [0.1, 0.15) is 28.7 Å². The molecule has 0 saturated carbocycles. The third-order valence-electron chi connectivity index (χ3n) is 10.1. The van der Waals surface area contributed by atoms with Crippen molar-refractivity contribution in [1.82, 2.24) is 9.88 Å². The Labute approximate surface area is 325 Å². The third kappa shape index (κ3) is 6.48. The summed E-state index contributed by atoms with van der Waals surface area (Å²) in [7, 11) is 0. The van der Waals surface area contributed by atoms with Crippen molar-refractivity contribution in [2.45, 2.75) is 12.6 Å². The van der Waals surface area contributed by atoms with Crippen LogP contribution in [-0.4, -0.2) is 22.4 Å². The van der Waals surface area contributed by atoms with Gasteiger partial charge in [0, 0.05) is 32.8 Å². The summed E-state index contributed by atoms with van der Waals surface area (Å²) in [6.45, 7) is 0. The highest BCUT2D eigenvalue weighted by atomic mass is 19.4. The maximum absolute atomic E-state index is 14.7. The SMILES string of the molecule is N#Cc1cc(C#N)cc(-c2ccc3c4ccccc4n(-c4ccc(=C5CC=CC=C5C(F)(F)F)c(=C5N=C(c6ccccc6)N=C(c6ccccc6)N5)c4)c3c2)c1. The van der Waals surface area contributed by atoms with Crippen LogP contribution in [-0.2, 0) is 0 Å². The molecule has 2 aliphatic rings. The third-order valence-corrected chi connectivity index (χ3v) is 10.1.